The molecule has 3 nitrogen and oxygen atoms in total. The van der Waals surface area contributed by atoms with E-state index in [2.05, 4.69) is 99.5 Å². The average Bonchev–Trinajstić information content (AvgIpc) is 3.11. The van der Waals surface area contributed by atoms with Crippen LogP contribution in [0.4, 0.5) is 0 Å². The quantitative estimate of drug-likeness (QED) is 0.112. The normalized spacial score (nSPS) is 12.4. The molecule has 5 N–H and O–H groups in total. The third-order valence-corrected chi connectivity index (χ3v) is 11.3. The van der Waals surface area contributed by atoms with Crippen LogP contribution in [0.2, 0.25) is 0 Å². The minimum atomic E-state index is -0.721. The van der Waals surface area contributed by atoms with Gasteiger partial charge in [0.1, 0.15) is 6.10 Å². The van der Waals surface area contributed by atoms with Crippen LogP contribution in [0.15, 0.2) is 133 Å². The number of halogens is 2. The molecule has 47 heavy (non-hydrogen) atoms. The predicted octanol–water partition coefficient (Wildman–Crippen LogP) is 9.04. The third-order valence-electron chi connectivity index (χ3n) is 8.32. The number of hydrogen-bond acceptors (Lipinski definition) is 3. The van der Waals surface area contributed by atoms with Crippen molar-refractivity contribution < 1.29 is 20.3 Å². The van der Waals surface area contributed by atoms with Crippen molar-refractivity contribution in [1.82, 2.24) is 0 Å². The zero-order chi connectivity index (χ0) is 33.9. The molecule has 6 aromatic carbocycles. The Balaban J connectivity index is 0.000000223. The fourth-order valence-corrected chi connectivity index (χ4v) is 8.42. The monoisotopic (exact) mass is 790 g/mol. The molecule has 0 amide bonds. The molecule has 0 fully saturated rings. The maximum atomic E-state index is 11.9. The molecule has 0 aliphatic carbocycles. The average molecular weight is 791 g/mol. The van der Waals surface area contributed by atoms with Gasteiger partial charge in [-0.05, 0) is 44.8 Å². The second kappa shape index (κ2) is 18.5. The van der Waals surface area contributed by atoms with Crippen LogP contribution in [-0.2, 0) is 15.1 Å². The summed E-state index contributed by atoms with van der Waals surface area (Å²) in [5.74, 6) is 0. The van der Waals surface area contributed by atoms with Gasteiger partial charge in [0.25, 0.3) is 0 Å². The summed E-state index contributed by atoms with van der Waals surface area (Å²) < 4.78 is 0. The number of fused-ring (bicyclic) bond motifs is 2. The fraction of sp³-hybridized carbons (Fsp3) is 0.179. The van der Waals surface area contributed by atoms with Crippen molar-refractivity contribution in [2.75, 3.05) is 26.7 Å². The predicted molar refractivity (Wildman–Crippen MR) is 210 cm³/mol. The van der Waals surface area contributed by atoms with Gasteiger partial charge in [0.05, 0.1) is 37.3 Å². The van der Waals surface area contributed by atoms with Crippen LogP contribution in [0, 0.1) is 0 Å². The summed E-state index contributed by atoms with van der Waals surface area (Å²) in [6.45, 7) is 9.24. The van der Waals surface area contributed by atoms with Crippen LogP contribution in [0.3, 0.4) is 0 Å². The van der Waals surface area contributed by atoms with Gasteiger partial charge in [-0.2, -0.15) is 0 Å². The van der Waals surface area contributed by atoms with Crippen molar-refractivity contribution in [1.29, 1.82) is 0 Å². The van der Waals surface area contributed by atoms with Crippen molar-refractivity contribution in [3.05, 3.63) is 156 Å². The maximum absolute atomic E-state index is 11.9. The Labute approximate surface area is 297 Å². The van der Waals surface area contributed by atoms with Crippen molar-refractivity contribution in [2.45, 2.75) is 18.2 Å². The van der Waals surface area contributed by atoms with E-state index in [4.69, 9.17) is 30.8 Å². The molecule has 0 spiro atoms. The summed E-state index contributed by atoms with van der Waals surface area (Å²) in [4.78, 5) is 0. The first kappa shape index (κ1) is 37.6. The molecule has 0 aromatic heterocycles. The van der Waals surface area contributed by atoms with Crippen molar-refractivity contribution >= 4 is 67.4 Å². The first-order valence-electron chi connectivity index (χ1n) is 15.5. The molecule has 0 heterocycles. The van der Waals surface area contributed by atoms with Crippen LogP contribution < -0.4 is 22.1 Å². The summed E-state index contributed by atoms with van der Waals surface area (Å²) in [5.41, 5.74) is 16.6. The Bertz CT molecular complexity index is 1720. The molecule has 0 aliphatic rings. The molecule has 2 atom stereocenters. The van der Waals surface area contributed by atoms with Crippen LogP contribution in [-0.4, -0.2) is 31.8 Å². The third kappa shape index (κ3) is 9.48. The van der Waals surface area contributed by atoms with Gasteiger partial charge in [-0.1, -0.05) is 121 Å². The molecule has 0 saturated carbocycles. The summed E-state index contributed by atoms with van der Waals surface area (Å²) in [6.07, 6.45) is -0.609. The fourth-order valence-electron chi connectivity index (χ4n) is 5.96. The van der Waals surface area contributed by atoms with E-state index in [1.165, 1.54) is 32.2 Å². The van der Waals surface area contributed by atoms with E-state index in [1.807, 2.05) is 60.7 Å². The van der Waals surface area contributed by atoms with E-state index in [0.717, 1.165) is 22.3 Å². The molecule has 244 valence electrons. The Morgan fingerprint density at radius 3 is 1.17 bits per heavy atom. The Morgan fingerprint density at radius 1 is 0.511 bits per heavy atom. The minimum absolute atomic E-state index is 0.163. The second-order valence-electron chi connectivity index (χ2n) is 11.8. The molecule has 2 unspecified atom stereocenters. The molecule has 6 aromatic rings. The molecular weight excluding hydrogens is 746 g/mol. The van der Waals surface area contributed by atoms with Crippen LogP contribution in [0.5, 0.6) is 0 Å². The molecule has 0 radical (unpaired) electrons. The van der Waals surface area contributed by atoms with Crippen molar-refractivity contribution in [2.24, 2.45) is 11.5 Å². The second-order valence-corrected chi connectivity index (χ2v) is 19.5. The van der Waals surface area contributed by atoms with Gasteiger partial charge in [-0.15, -0.1) is 0 Å². The number of rotatable bonds is 7. The number of benzene rings is 6. The summed E-state index contributed by atoms with van der Waals surface area (Å²) in [6, 6.07) is 45.4. The molecule has 8 heteroatoms. The standard InChI is InChI=1S/C25H26OP2.C14H16N2.2ClH.Ru/c1-27(2)21-15-13-17-9-5-7-11-19(17)23(21)25(26)24-20-12-8-6-10-18(20)14-16-22(24)28(3)4;15-13(11-7-3-1-4-8-11)14(16)12-9-5-2-6-10-12;;;/h5-16,25-26H,1-4H3;1-10,13-14H,15-16H2;2*1H;/q;;;;+4. The van der Waals surface area contributed by atoms with Crippen molar-refractivity contribution in [3.8, 4) is 0 Å². The SMILES string of the molecule is C[PH+](C)c1ccc2ccccc2c1C(O)c1c([PH+](C)C)ccc2ccccc12.NC(c1ccccc1)C(N)c1ccccc1.[Cl][Ru+2][Cl]. The number of aliphatic hydroxyl groups is 1. The Kier molecular flexibility index (Phi) is 14.8. The van der Waals surface area contributed by atoms with E-state index < -0.39 is 21.9 Å². The van der Waals surface area contributed by atoms with Gasteiger partial charge in [-0.25, -0.2) is 0 Å². The molecule has 0 saturated heterocycles. The Hall–Kier alpha value is -2.22. The Morgan fingerprint density at radius 2 is 0.830 bits per heavy atom. The van der Waals surface area contributed by atoms with E-state index in [0.29, 0.717) is 0 Å². The zero-order valence-electron chi connectivity index (χ0n) is 27.1. The van der Waals surface area contributed by atoms with E-state index in [-0.39, 0.29) is 27.2 Å². The first-order chi connectivity index (χ1) is 22.7. The van der Waals surface area contributed by atoms with Crippen LogP contribution in [0.1, 0.15) is 40.4 Å². The molecule has 6 rings (SSSR count). The summed E-state index contributed by atoms with van der Waals surface area (Å²) in [7, 11) is 8.27. The van der Waals surface area contributed by atoms with E-state index >= 15 is 0 Å². The molecular formula is C39H44Cl2N2OP2Ru+4. The van der Waals surface area contributed by atoms with Gasteiger partial charge in [0.2, 0.25) is 0 Å². The van der Waals surface area contributed by atoms with Gasteiger partial charge in [0, 0.05) is 39.1 Å². The number of aliphatic hydroxyl groups excluding tert-OH is 1. The van der Waals surface area contributed by atoms with Gasteiger partial charge < -0.3 is 16.6 Å². The van der Waals surface area contributed by atoms with Crippen molar-refractivity contribution in [3.63, 3.8) is 0 Å². The molecule has 0 bridgehead atoms. The van der Waals surface area contributed by atoms with E-state index in [9.17, 15) is 5.11 Å². The topological polar surface area (TPSA) is 72.3 Å². The summed E-state index contributed by atoms with van der Waals surface area (Å²) in [5, 5.41) is 19.3. The van der Waals surface area contributed by atoms with Gasteiger partial charge in [0.15, 0.2) is 0 Å². The zero-order valence-corrected chi connectivity index (χ0v) is 32.4. The van der Waals surface area contributed by atoms with Crippen LogP contribution in [0.25, 0.3) is 21.5 Å². The number of hydrogen-bond donors (Lipinski definition) is 3. The van der Waals surface area contributed by atoms with Gasteiger partial charge in [-0.3, -0.25) is 0 Å². The van der Waals surface area contributed by atoms with Gasteiger partial charge >= 0.3 is 34.5 Å². The number of nitrogens with two attached hydrogens (primary N) is 2. The van der Waals surface area contributed by atoms with Crippen LogP contribution >= 0.6 is 35.2 Å². The first-order valence-corrected chi connectivity index (χ1v) is 25.0. The van der Waals surface area contributed by atoms with E-state index in [1.54, 1.807) is 0 Å². The molecule has 0 aliphatic heterocycles. The summed E-state index contributed by atoms with van der Waals surface area (Å²) >= 11 is -0.346.